The fourth-order valence-electron chi connectivity index (χ4n) is 5.00. The molecule has 1 aromatic carbocycles. The van der Waals surface area contributed by atoms with Crippen molar-refractivity contribution in [3.05, 3.63) is 54.2 Å². The molecule has 1 aliphatic heterocycles. The van der Waals surface area contributed by atoms with Crippen molar-refractivity contribution >= 4 is 15.7 Å². The Kier molecular flexibility index (Phi) is 7.33. The van der Waals surface area contributed by atoms with Crippen LogP contribution < -0.4 is 14.4 Å². The summed E-state index contributed by atoms with van der Waals surface area (Å²) in [5.41, 5.74) is 2.38. The van der Waals surface area contributed by atoms with Gasteiger partial charge in [-0.1, -0.05) is 30.3 Å². The number of sulfonamides is 1. The molecule has 1 N–H and O–H groups in total. The second-order valence-electron chi connectivity index (χ2n) is 8.82. The van der Waals surface area contributed by atoms with E-state index in [1.165, 1.54) is 11.8 Å². The molecular weight excluding hydrogens is 426 g/mol. The molecule has 1 saturated carbocycles. The molecule has 0 amide bonds. The molecule has 0 radical (unpaired) electrons. The zero-order valence-corrected chi connectivity index (χ0v) is 19.6. The lowest BCUT2D eigenvalue weighted by molar-refractivity contribution is 0.0157. The van der Waals surface area contributed by atoms with Crippen molar-refractivity contribution in [3.63, 3.8) is 0 Å². The molecule has 4 rings (SSSR count). The molecule has 0 bridgehead atoms. The summed E-state index contributed by atoms with van der Waals surface area (Å²) in [7, 11) is -1.72. The van der Waals surface area contributed by atoms with Crippen LogP contribution in [-0.4, -0.2) is 58.1 Å². The largest absolute Gasteiger partial charge is 0.481 e. The third-order valence-corrected chi connectivity index (χ3v) is 7.35. The quantitative estimate of drug-likeness (QED) is 0.652. The SMILES string of the molecule is COc1cc(N2CC[C@H](NS(C)(=O)=O)[C@@H]2CO[C@H]2CC[C@@H](c3ccccc3)CC2)ccn1. The Bertz CT molecular complexity index is 978. The van der Waals surface area contributed by atoms with Crippen LogP contribution in [0.4, 0.5) is 5.69 Å². The first-order valence-electron chi connectivity index (χ1n) is 11.3. The maximum atomic E-state index is 12.0. The van der Waals surface area contributed by atoms with Crippen LogP contribution in [0.3, 0.4) is 0 Å². The molecule has 2 aromatic rings. The Morgan fingerprint density at radius 2 is 1.84 bits per heavy atom. The third kappa shape index (κ3) is 5.79. The Balaban J connectivity index is 1.41. The summed E-state index contributed by atoms with van der Waals surface area (Å²) in [6.45, 7) is 1.23. The number of hydrogen-bond acceptors (Lipinski definition) is 6. The predicted octanol–water partition coefficient (Wildman–Crippen LogP) is 3.33. The van der Waals surface area contributed by atoms with Crippen molar-refractivity contribution in [1.82, 2.24) is 9.71 Å². The van der Waals surface area contributed by atoms with Gasteiger partial charge in [0.05, 0.1) is 32.1 Å². The minimum Gasteiger partial charge on any atom is -0.481 e. The highest BCUT2D eigenvalue weighted by Crippen LogP contribution is 2.35. The monoisotopic (exact) mass is 459 g/mol. The van der Waals surface area contributed by atoms with E-state index in [2.05, 4.69) is 44.9 Å². The van der Waals surface area contributed by atoms with Gasteiger partial charge in [0.25, 0.3) is 0 Å². The standard InChI is InChI=1S/C24H33N3O4S/c1-30-24-16-20(12-14-25-24)27-15-13-22(26-32(2,28)29)23(27)17-31-21-10-8-19(9-11-21)18-6-4-3-5-7-18/h3-7,12,14,16,19,21-23,26H,8-11,13,15,17H2,1-2H3/t19-,21+,22-,23-/m0/s1. The first kappa shape index (κ1) is 23.0. The van der Waals surface area contributed by atoms with Gasteiger partial charge in [-0.25, -0.2) is 18.1 Å². The van der Waals surface area contributed by atoms with Crippen LogP contribution in [0, 0.1) is 0 Å². The summed E-state index contributed by atoms with van der Waals surface area (Å²) in [5.74, 6) is 1.14. The van der Waals surface area contributed by atoms with Gasteiger partial charge in [-0.05, 0) is 49.7 Å². The highest BCUT2D eigenvalue weighted by molar-refractivity contribution is 7.88. The molecule has 1 aliphatic carbocycles. The molecule has 1 saturated heterocycles. The number of aromatic nitrogens is 1. The van der Waals surface area contributed by atoms with E-state index in [0.717, 1.165) is 44.3 Å². The van der Waals surface area contributed by atoms with E-state index in [1.54, 1.807) is 13.3 Å². The van der Waals surface area contributed by atoms with Gasteiger partial charge < -0.3 is 14.4 Å². The van der Waals surface area contributed by atoms with E-state index in [1.807, 2.05) is 12.1 Å². The first-order valence-corrected chi connectivity index (χ1v) is 13.2. The lowest BCUT2D eigenvalue weighted by atomic mass is 9.83. The van der Waals surface area contributed by atoms with Gasteiger partial charge in [0, 0.05) is 30.5 Å². The molecule has 2 heterocycles. The Morgan fingerprint density at radius 3 is 2.53 bits per heavy atom. The smallest absolute Gasteiger partial charge is 0.214 e. The van der Waals surface area contributed by atoms with Gasteiger partial charge in [-0.2, -0.15) is 0 Å². The number of hydrogen-bond donors (Lipinski definition) is 1. The van der Waals surface area contributed by atoms with Crippen molar-refractivity contribution in [2.45, 2.75) is 56.2 Å². The van der Waals surface area contributed by atoms with Crippen LogP contribution in [0.25, 0.3) is 0 Å². The van der Waals surface area contributed by atoms with Crippen LogP contribution in [0.5, 0.6) is 5.88 Å². The van der Waals surface area contributed by atoms with E-state index < -0.39 is 10.0 Å². The molecule has 8 heteroatoms. The average molecular weight is 460 g/mol. The third-order valence-electron chi connectivity index (χ3n) is 6.62. The average Bonchev–Trinajstić information content (AvgIpc) is 3.19. The number of anilines is 1. The highest BCUT2D eigenvalue weighted by Gasteiger charge is 2.37. The fraction of sp³-hybridized carbons (Fsp3) is 0.542. The summed E-state index contributed by atoms with van der Waals surface area (Å²) in [4.78, 5) is 6.40. The number of ether oxygens (including phenoxy) is 2. The zero-order chi connectivity index (χ0) is 22.6. The number of pyridine rings is 1. The molecule has 174 valence electrons. The number of benzene rings is 1. The minimum absolute atomic E-state index is 0.0799. The van der Waals surface area contributed by atoms with Crippen LogP contribution in [0.15, 0.2) is 48.7 Å². The molecule has 7 nitrogen and oxygen atoms in total. The maximum Gasteiger partial charge on any atom is 0.214 e. The molecule has 2 fully saturated rings. The minimum atomic E-state index is -3.31. The van der Waals surface area contributed by atoms with Crippen molar-refractivity contribution in [2.24, 2.45) is 0 Å². The van der Waals surface area contributed by atoms with Gasteiger partial charge in [-0.3, -0.25) is 0 Å². The van der Waals surface area contributed by atoms with Crippen molar-refractivity contribution in [2.75, 3.05) is 31.4 Å². The van der Waals surface area contributed by atoms with Crippen LogP contribution in [0.1, 0.15) is 43.6 Å². The molecule has 2 atom stereocenters. The van der Waals surface area contributed by atoms with Crippen LogP contribution >= 0.6 is 0 Å². The van der Waals surface area contributed by atoms with Crippen molar-refractivity contribution in [3.8, 4) is 5.88 Å². The lowest BCUT2D eigenvalue weighted by Crippen LogP contribution is -2.48. The van der Waals surface area contributed by atoms with E-state index >= 15 is 0 Å². The molecule has 1 aromatic heterocycles. The highest BCUT2D eigenvalue weighted by atomic mass is 32.2. The normalized spacial score (nSPS) is 26.2. The van der Waals surface area contributed by atoms with Crippen molar-refractivity contribution in [1.29, 1.82) is 0 Å². The molecule has 0 spiro atoms. The lowest BCUT2D eigenvalue weighted by Gasteiger charge is -2.33. The van der Waals surface area contributed by atoms with E-state index in [-0.39, 0.29) is 18.2 Å². The molecular formula is C24H33N3O4S. The second-order valence-corrected chi connectivity index (χ2v) is 10.6. The summed E-state index contributed by atoms with van der Waals surface area (Å²) < 4.78 is 38.4. The van der Waals surface area contributed by atoms with Gasteiger partial charge in [0.1, 0.15) is 0 Å². The van der Waals surface area contributed by atoms with Gasteiger partial charge in [-0.15, -0.1) is 0 Å². The van der Waals surface area contributed by atoms with Gasteiger partial charge in [0.15, 0.2) is 0 Å². The van der Waals surface area contributed by atoms with Crippen LogP contribution in [0.2, 0.25) is 0 Å². The first-order chi connectivity index (χ1) is 15.4. The summed E-state index contributed by atoms with van der Waals surface area (Å²) in [5, 5.41) is 0. The fourth-order valence-corrected chi connectivity index (χ4v) is 5.83. The summed E-state index contributed by atoms with van der Waals surface area (Å²) >= 11 is 0. The molecule has 32 heavy (non-hydrogen) atoms. The summed E-state index contributed by atoms with van der Waals surface area (Å²) in [6, 6.07) is 14.3. The molecule has 0 unspecified atom stereocenters. The van der Waals surface area contributed by atoms with Gasteiger partial charge in [0.2, 0.25) is 15.9 Å². The van der Waals surface area contributed by atoms with E-state index in [4.69, 9.17) is 9.47 Å². The number of nitrogens with one attached hydrogen (secondary N) is 1. The Morgan fingerprint density at radius 1 is 1.09 bits per heavy atom. The Labute approximate surface area is 191 Å². The number of methoxy groups -OCH3 is 1. The summed E-state index contributed by atoms with van der Waals surface area (Å²) in [6.07, 6.45) is 8.17. The zero-order valence-electron chi connectivity index (χ0n) is 18.8. The number of rotatable bonds is 8. The van der Waals surface area contributed by atoms with Gasteiger partial charge >= 0.3 is 0 Å². The Hall–Kier alpha value is -2.16. The van der Waals surface area contributed by atoms with Crippen LogP contribution in [-0.2, 0) is 14.8 Å². The maximum absolute atomic E-state index is 12.0. The van der Waals surface area contributed by atoms with E-state index in [9.17, 15) is 8.42 Å². The predicted molar refractivity (Wildman–Crippen MR) is 126 cm³/mol. The van der Waals surface area contributed by atoms with E-state index in [0.29, 0.717) is 18.4 Å². The number of nitrogens with zero attached hydrogens (tertiary/aromatic N) is 2. The topological polar surface area (TPSA) is 80.8 Å². The molecule has 2 aliphatic rings. The van der Waals surface area contributed by atoms with Crippen molar-refractivity contribution < 1.29 is 17.9 Å². The second kappa shape index (κ2) is 10.2.